The van der Waals surface area contributed by atoms with Gasteiger partial charge in [-0.15, -0.1) is 0 Å². The lowest BCUT2D eigenvalue weighted by Crippen LogP contribution is -2.55. The fraction of sp³-hybridized carbons (Fsp3) is 0.484. The molecule has 4 aromatic heterocycles. The molecule has 454 valence electrons. The lowest BCUT2D eigenvalue weighted by Gasteiger charge is -2.43. The molecule has 20 nitrogen and oxygen atoms in total. The average Bonchev–Trinajstić information content (AvgIpc) is 2.04. The van der Waals surface area contributed by atoms with Gasteiger partial charge in [0.25, 0.3) is 10.0 Å². The summed E-state index contributed by atoms with van der Waals surface area (Å²) in [6.07, 6.45) is 12.1. The highest BCUT2D eigenvalue weighted by molar-refractivity contribution is 7.90. The van der Waals surface area contributed by atoms with E-state index in [1.54, 1.807) is 64.7 Å². The number of carbonyl (C=O) groups excluding carboxylic acids is 2. The molecule has 2 saturated heterocycles. The van der Waals surface area contributed by atoms with Crippen molar-refractivity contribution in [2.75, 3.05) is 76.1 Å². The second-order valence-corrected chi connectivity index (χ2v) is 27.6. The van der Waals surface area contributed by atoms with E-state index in [1.807, 2.05) is 84.1 Å². The number of hydrogen-bond acceptors (Lipinski definition) is 16. The number of ether oxygens (including phenoxy) is 2. The maximum Gasteiger partial charge on any atom is 0.410 e. The van der Waals surface area contributed by atoms with E-state index in [1.165, 1.54) is 10.2 Å². The number of carbonyl (C=O) groups is 2. The van der Waals surface area contributed by atoms with Gasteiger partial charge in [-0.1, -0.05) is 77.8 Å². The fourth-order valence-electron chi connectivity index (χ4n) is 12.0. The van der Waals surface area contributed by atoms with Crippen molar-refractivity contribution in [3.63, 3.8) is 0 Å². The number of nitrogens with zero attached hydrogens (tertiary/aromatic N) is 9. The number of aromatic amines is 1. The van der Waals surface area contributed by atoms with E-state index in [0.29, 0.717) is 135 Å². The van der Waals surface area contributed by atoms with Crippen molar-refractivity contribution in [2.24, 2.45) is 0 Å². The molecule has 2 saturated carbocycles. The van der Waals surface area contributed by atoms with Crippen LogP contribution in [0.3, 0.4) is 0 Å². The molecular formula is C62H78Cl2N12O8S. The quantitative estimate of drug-likeness (QED) is 0.0765. The summed E-state index contributed by atoms with van der Waals surface area (Å²) in [7, 11) is -3.88. The van der Waals surface area contributed by atoms with Crippen molar-refractivity contribution in [1.29, 1.82) is 0 Å². The molecule has 2 unspecified atom stereocenters. The van der Waals surface area contributed by atoms with Crippen LogP contribution in [0, 0.1) is 0 Å². The Morgan fingerprint density at radius 3 is 1.61 bits per heavy atom. The van der Waals surface area contributed by atoms with Crippen molar-refractivity contribution in [3.05, 3.63) is 114 Å². The highest BCUT2D eigenvalue weighted by Gasteiger charge is 2.40. The molecule has 7 aromatic rings. The molecule has 11 rings (SSSR count). The Kier molecular flexibility index (Phi) is 18.4. The van der Waals surface area contributed by atoms with Gasteiger partial charge in [0.05, 0.1) is 55.4 Å². The molecule has 0 bridgehead atoms. The molecule has 0 radical (unpaired) electrons. The zero-order chi connectivity index (χ0) is 60.3. The first kappa shape index (κ1) is 61.5. The minimum Gasteiger partial charge on any atom is -0.444 e. The predicted octanol–water partition coefficient (Wildman–Crippen LogP) is 10.5. The number of aromatic nitrogens is 6. The van der Waals surface area contributed by atoms with Crippen LogP contribution in [-0.2, 0) is 19.5 Å². The lowest BCUT2D eigenvalue weighted by atomic mass is 9.81. The summed E-state index contributed by atoms with van der Waals surface area (Å²) in [5.41, 5.74) is 1.38. The van der Waals surface area contributed by atoms with E-state index in [2.05, 4.69) is 35.4 Å². The number of H-pyrrole nitrogens is 1. The largest absolute Gasteiger partial charge is 0.444 e. The van der Waals surface area contributed by atoms with E-state index >= 15 is 0 Å². The van der Waals surface area contributed by atoms with Gasteiger partial charge in [0, 0.05) is 117 Å². The zero-order valence-corrected chi connectivity index (χ0v) is 51.6. The molecule has 4 atom stereocenters. The van der Waals surface area contributed by atoms with Crippen LogP contribution in [0.5, 0.6) is 0 Å². The third-order valence-corrected chi connectivity index (χ3v) is 18.2. The van der Waals surface area contributed by atoms with Crippen molar-refractivity contribution < 1.29 is 37.7 Å². The number of amides is 2. The van der Waals surface area contributed by atoms with E-state index in [-0.39, 0.29) is 29.2 Å². The number of benzene rings is 3. The van der Waals surface area contributed by atoms with Gasteiger partial charge in [-0.05, 0) is 117 Å². The first-order chi connectivity index (χ1) is 40.4. The normalized spacial score (nSPS) is 22.0. The molecule has 3 aromatic carbocycles. The number of fused-ring (bicyclic) bond motifs is 2. The highest BCUT2D eigenvalue weighted by atomic mass is 35.5. The Balaban J connectivity index is 0.000000193. The Labute approximate surface area is 507 Å². The Bertz CT molecular complexity index is 3600. The van der Waals surface area contributed by atoms with Gasteiger partial charge < -0.3 is 45.1 Å². The Hall–Kier alpha value is -6.59. The van der Waals surface area contributed by atoms with E-state index in [9.17, 15) is 28.2 Å². The molecule has 2 aliphatic carbocycles. The number of halogens is 2. The molecule has 0 spiro atoms. The van der Waals surface area contributed by atoms with Crippen LogP contribution in [0.25, 0.3) is 44.3 Å². The molecule has 6 heterocycles. The Morgan fingerprint density at radius 2 is 1.11 bits per heavy atom. The van der Waals surface area contributed by atoms with Crippen molar-refractivity contribution in [3.8, 4) is 22.5 Å². The molecule has 4 fully saturated rings. The topological polar surface area (TPSA) is 236 Å². The number of piperazine rings is 2. The minimum atomic E-state index is -3.88. The molecular weight excluding hydrogens is 1140 g/mol. The first-order valence-electron chi connectivity index (χ1n) is 29.3. The first-order valence-corrected chi connectivity index (χ1v) is 31.5. The number of nitrogens with one attached hydrogen (secondary N) is 3. The van der Waals surface area contributed by atoms with Crippen LogP contribution in [-0.4, -0.2) is 179 Å². The van der Waals surface area contributed by atoms with Gasteiger partial charge in [-0.25, -0.2) is 41.9 Å². The van der Waals surface area contributed by atoms with Crippen LogP contribution >= 0.6 is 23.2 Å². The molecule has 2 amide bonds. The van der Waals surface area contributed by atoms with Crippen LogP contribution in [0.15, 0.2) is 109 Å². The molecule has 85 heavy (non-hydrogen) atoms. The van der Waals surface area contributed by atoms with Crippen molar-refractivity contribution >= 4 is 79.1 Å². The third-order valence-electron chi connectivity index (χ3n) is 16.0. The van der Waals surface area contributed by atoms with Crippen LogP contribution in [0.4, 0.5) is 21.5 Å². The molecule has 4 aliphatic rings. The van der Waals surface area contributed by atoms with Gasteiger partial charge in [-0.3, -0.25) is 9.80 Å². The summed E-state index contributed by atoms with van der Waals surface area (Å²) < 4.78 is 39.6. The molecule has 2 aliphatic heterocycles. The third kappa shape index (κ3) is 15.2. The SMILES string of the molecule is CC(C)(C)OC(=O)N1CCN(CC2(O)CCC[C@@H](Nc3ncc(Cl)c(-c4c[nH]c5ccccc45)n3)C2)CC1.CC(C)(C)OC(=O)N1CCN(CC2(O)CCC[C@@H](Nc3ncc(Cl)c(-c4cn(S(=O)(=O)c5ccccc5)c5ccccc45)n3)C2)CC1. The van der Waals surface area contributed by atoms with E-state index in [0.717, 1.165) is 48.6 Å². The maximum atomic E-state index is 13.6. The van der Waals surface area contributed by atoms with Crippen molar-refractivity contribution in [2.45, 2.75) is 132 Å². The van der Waals surface area contributed by atoms with Crippen LogP contribution in [0.1, 0.15) is 92.9 Å². The fourth-order valence-corrected chi connectivity index (χ4v) is 13.8. The summed E-state index contributed by atoms with van der Waals surface area (Å²) in [5, 5.41) is 32.6. The molecule has 23 heteroatoms. The predicted molar refractivity (Wildman–Crippen MR) is 331 cm³/mol. The average molecular weight is 1220 g/mol. The second kappa shape index (κ2) is 25.4. The van der Waals surface area contributed by atoms with Gasteiger partial charge in [-0.2, -0.15) is 0 Å². The number of rotatable bonds is 12. The summed E-state index contributed by atoms with van der Waals surface area (Å²) in [4.78, 5) is 54.6. The summed E-state index contributed by atoms with van der Waals surface area (Å²) in [6, 6.07) is 23.6. The highest BCUT2D eigenvalue weighted by Crippen LogP contribution is 2.38. The standard InChI is InChI=1S/C34H41ClN6O5S.C28H37ClN6O3/c1-33(2,3)46-32(42)40-18-16-39(17-19-40)23-34(43)15-9-10-24(20-34)37-31-36-21-28(35)30(38-31)27-22-41(29-14-8-7-13-26(27)29)47(44,45)25-11-5-4-6-12-25;1-27(2,3)38-26(36)35-13-11-34(12-14-35)18-28(37)10-6-7-19(15-28)32-25-31-17-22(29)24(33-25)21-16-30-23-9-5-4-8-20(21)23/h4-8,11-14,21-22,24,43H,9-10,15-20,23H2,1-3H3,(H,36,37,38);4-5,8-9,16-17,19,30,37H,6-7,10-15,18H2,1-3H3,(H,31,32,33)/t24-,34?;19-,28?/m11/s1. The van der Waals surface area contributed by atoms with Crippen LogP contribution < -0.4 is 10.6 Å². The number of aliphatic hydroxyl groups is 2. The number of hydrogen-bond donors (Lipinski definition) is 5. The summed E-state index contributed by atoms with van der Waals surface area (Å²) in [6.45, 7) is 17.4. The number of para-hydroxylation sites is 2. The smallest absolute Gasteiger partial charge is 0.410 e. The van der Waals surface area contributed by atoms with Crippen LogP contribution in [0.2, 0.25) is 10.0 Å². The molecule has 5 N–H and O–H groups in total. The maximum absolute atomic E-state index is 13.6. The van der Waals surface area contributed by atoms with Gasteiger partial charge in [0.2, 0.25) is 11.9 Å². The second-order valence-electron chi connectivity index (χ2n) is 25.0. The van der Waals surface area contributed by atoms with Crippen molar-refractivity contribution in [1.82, 2.24) is 48.5 Å². The van der Waals surface area contributed by atoms with E-state index in [4.69, 9.17) is 42.6 Å². The minimum absolute atomic E-state index is 0.0498. The van der Waals surface area contributed by atoms with Gasteiger partial charge >= 0.3 is 12.2 Å². The number of anilines is 2. The summed E-state index contributed by atoms with van der Waals surface area (Å²) >= 11 is 13.1. The van der Waals surface area contributed by atoms with E-state index < -0.39 is 32.4 Å². The Morgan fingerprint density at radius 1 is 0.647 bits per heavy atom. The van der Waals surface area contributed by atoms with Gasteiger partial charge in [0.1, 0.15) is 11.2 Å². The van der Waals surface area contributed by atoms with Gasteiger partial charge in [0.15, 0.2) is 0 Å². The number of β-amino-alcohol motifs (C(OH)–C–C–N with tert-alkyl or cyclic N) is 2. The monoisotopic (exact) mass is 1220 g/mol. The lowest BCUT2D eigenvalue weighted by molar-refractivity contribution is -0.0411. The summed E-state index contributed by atoms with van der Waals surface area (Å²) in [5.74, 6) is 0.863. The zero-order valence-electron chi connectivity index (χ0n) is 49.2.